The van der Waals surface area contributed by atoms with E-state index in [0.717, 1.165) is 11.8 Å². The van der Waals surface area contributed by atoms with Crippen LogP contribution < -0.4 is 4.74 Å². The molecule has 3 aromatic carbocycles. The number of rotatable bonds is 7. The standard InChI is InChI=1S/C24H24O3/c1-17-16-21(26)10-13-23(17)24(18(2)19-6-4-3-5-7-19)20-8-11-22(12-9-20)27-15-14-25/h3-14,16,18,24,26H,15H2,1-2H3/t18-,24-/m0/s1. The molecule has 0 aliphatic rings. The summed E-state index contributed by atoms with van der Waals surface area (Å²) in [5.74, 6) is 1.34. The number of ether oxygens (including phenoxy) is 1. The second kappa shape index (κ2) is 8.54. The van der Waals surface area contributed by atoms with Gasteiger partial charge in [0.2, 0.25) is 0 Å². The lowest BCUT2D eigenvalue weighted by Crippen LogP contribution is -2.12. The Bertz CT molecular complexity index is 885. The Balaban J connectivity index is 2.03. The fourth-order valence-corrected chi connectivity index (χ4v) is 3.60. The van der Waals surface area contributed by atoms with Crippen molar-refractivity contribution in [1.82, 2.24) is 0 Å². The van der Waals surface area contributed by atoms with Gasteiger partial charge in [0.25, 0.3) is 0 Å². The number of hydrogen-bond donors (Lipinski definition) is 1. The Morgan fingerprint density at radius 3 is 2.30 bits per heavy atom. The number of carbonyl (C=O) groups is 1. The van der Waals surface area contributed by atoms with Crippen molar-refractivity contribution in [1.29, 1.82) is 0 Å². The molecule has 0 saturated carbocycles. The van der Waals surface area contributed by atoms with Crippen LogP contribution in [0.4, 0.5) is 0 Å². The molecule has 0 heterocycles. The van der Waals surface area contributed by atoms with E-state index in [1.165, 1.54) is 16.7 Å². The van der Waals surface area contributed by atoms with Crippen molar-refractivity contribution in [3.8, 4) is 11.5 Å². The summed E-state index contributed by atoms with van der Waals surface area (Å²) in [5, 5.41) is 9.82. The molecule has 3 nitrogen and oxygen atoms in total. The van der Waals surface area contributed by atoms with Gasteiger partial charge in [-0.3, -0.25) is 4.79 Å². The van der Waals surface area contributed by atoms with E-state index in [-0.39, 0.29) is 24.2 Å². The molecule has 0 spiro atoms. The van der Waals surface area contributed by atoms with Gasteiger partial charge in [0.15, 0.2) is 6.29 Å². The van der Waals surface area contributed by atoms with Crippen LogP contribution in [0.25, 0.3) is 0 Å². The number of phenols is 1. The predicted molar refractivity (Wildman–Crippen MR) is 108 cm³/mol. The fourth-order valence-electron chi connectivity index (χ4n) is 3.60. The van der Waals surface area contributed by atoms with Crippen LogP contribution in [0.1, 0.15) is 41.0 Å². The van der Waals surface area contributed by atoms with Gasteiger partial charge in [-0.15, -0.1) is 0 Å². The van der Waals surface area contributed by atoms with E-state index in [9.17, 15) is 9.90 Å². The molecule has 0 saturated heterocycles. The van der Waals surface area contributed by atoms with E-state index in [1.54, 1.807) is 6.07 Å². The summed E-state index contributed by atoms with van der Waals surface area (Å²) in [6.45, 7) is 4.31. The molecule has 0 fully saturated rings. The van der Waals surface area contributed by atoms with Crippen molar-refractivity contribution in [3.05, 3.63) is 95.1 Å². The number of carbonyl (C=O) groups excluding carboxylic acids is 1. The third kappa shape index (κ3) is 4.37. The molecule has 0 aliphatic carbocycles. The average molecular weight is 360 g/mol. The molecule has 138 valence electrons. The van der Waals surface area contributed by atoms with Crippen LogP contribution in [0.15, 0.2) is 72.8 Å². The molecule has 0 aromatic heterocycles. The maximum atomic E-state index is 10.5. The highest BCUT2D eigenvalue weighted by Gasteiger charge is 2.24. The smallest absolute Gasteiger partial charge is 0.157 e. The molecule has 3 rings (SSSR count). The Hall–Kier alpha value is -3.07. The van der Waals surface area contributed by atoms with E-state index in [1.807, 2.05) is 37.3 Å². The monoisotopic (exact) mass is 360 g/mol. The summed E-state index contributed by atoms with van der Waals surface area (Å²) in [4.78, 5) is 10.5. The third-order valence-electron chi connectivity index (χ3n) is 4.97. The third-order valence-corrected chi connectivity index (χ3v) is 4.97. The first-order valence-electron chi connectivity index (χ1n) is 9.11. The van der Waals surface area contributed by atoms with Crippen LogP contribution in [0.3, 0.4) is 0 Å². The number of phenolic OH excluding ortho intramolecular Hbond substituents is 1. The van der Waals surface area contributed by atoms with E-state index in [4.69, 9.17) is 4.74 Å². The predicted octanol–water partition coefficient (Wildman–Crippen LogP) is 5.21. The summed E-state index contributed by atoms with van der Waals surface area (Å²) in [7, 11) is 0. The van der Waals surface area contributed by atoms with Gasteiger partial charge in [-0.05, 0) is 59.4 Å². The van der Waals surface area contributed by atoms with Crippen molar-refractivity contribution in [2.45, 2.75) is 25.7 Å². The SMILES string of the molecule is Cc1cc(O)ccc1[C@H](c1ccc(OCC=O)cc1)[C@@H](C)c1ccccc1. The number of aryl methyl sites for hydroxylation is 1. The van der Waals surface area contributed by atoms with E-state index >= 15 is 0 Å². The first kappa shape index (κ1) is 18.7. The number of benzene rings is 3. The number of hydrogen-bond acceptors (Lipinski definition) is 3. The minimum atomic E-state index is 0.0558. The zero-order chi connectivity index (χ0) is 19.2. The number of aromatic hydroxyl groups is 1. The van der Waals surface area contributed by atoms with Gasteiger partial charge in [0, 0.05) is 5.92 Å². The van der Waals surface area contributed by atoms with Crippen molar-refractivity contribution >= 4 is 6.29 Å². The van der Waals surface area contributed by atoms with Gasteiger partial charge in [-0.2, -0.15) is 0 Å². The van der Waals surface area contributed by atoms with Gasteiger partial charge in [0.1, 0.15) is 18.1 Å². The van der Waals surface area contributed by atoms with Crippen LogP contribution in [-0.2, 0) is 4.79 Å². The second-order valence-corrected chi connectivity index (χ2v) is 6.76. The number of aldehydes is 1. The largest absolute Gasteiger partial charge is 0.508 e. The lowest BCUT2D eigenvalue weighted by atomic mass is 9.77. The van der Waals surface area contributed by atoms with Gasteiger partial charge in [-0.25, -0.2) is 0 Å². The van der Waals surface area contributed by atoms with Crippen molar-refractivity contribution in [3.63, 3.8) is 0 Å². The lowest BCUT2D eigenvalue weighted by molar-refractivity contribution is -0.109. The highest BCUT2D eigenvalue weighted by atomic mass is 16.5. The fraction of sp³-hybridized carbons (Fsp3) is 0.208. The molecule has 27 heavy (non-hydrogen) atoms. The summed E-state index contributed by atoms with van der Waals surface area (Å²) in [5.41, 5.74) is 4.67. The molecular weight excluding hydrogens is 336 g/mol. The Morgan fingerprint density at radius 2 is 1.67 bits per heavy atom. The molecule has 0 amide bonds. The van der Waals surface area contributed by atoms with Gasteiger partial charge in [-0.1, -0.05) is 55.5 Å². The van der Waals surface area contributed by atoms with Crippen molar-refractivity contribution in [2.24, 2.45) is 0 Å². The molecule has 0 radical (unpaired) electrons. The maximum Gasteiger partial charge on any atom is 0.157 e. The molecule has 0 bridgehead atoms. The topological polar surface area (TPSA) is 46.5 Å². The molecule has 3 aromatic rings. The normalized spacial score (nSPS) is 13.0. The highest BCUT2D eigenvalue weighted by molar-refractivity contribution is 5.51. The lowest BCUT2D eigenvalue weighted by Gasteiger charge is -2.27. The molecule has 0 aliphatic heterocycles. The molecular formula is C24H24O3. The Kier molecular flexibility index (Phi) is 5.92. The van der Waals surface area contributed by atoms with Crippen LogP contribution in [0, 0.1) is 6.92 Å². The van der Waals surface area contributed by atoms with Crippen LogP contribution in [-0.4, -0.2) is 18.0 Å². The zero-order valence-corrected chi connectivity index (χ0v) is 15.6. The highest BCUT2D eigenvalue weighted by Crippen LogP contribution is 2.40. The zero-order valence-electron chi connectivity index (χ0n) is 15.6. The minimum Gasteiger partial charge on any atom is -0.508 e. The van der Waals surface area contributed by atoms with E-state index < -0.39 is 0 Å². The van der Waals surface area contributed by atoms with Crippen molar-refractivity contribution < 1.29 is 14.6 Å². The molecule has 1 N–H and O–H groups in total. The second-order valence-electron chi connectivity index (χ2n) is 6.76. The van der Waals surface area contributed by atoms with Crippen LogP contribution in [0.2, 0.25) is 0 Å². The molecule has 3 heteroatoms. The summed E-state index contributed by atoms with van der Waals surface area (Å²) in [6, 6.07) is 23.9. The van der Waals surface area contributed by atoms with Gasteiger partial charge >= 0.3 is 0 Å². The summed E-state index contributed by atoms with van der Waals surface area (Å²) in [6.07, 6.45) is 0.744. The first-order chi connectivity index (χ1) is 13.1. The summed E-state index contributed by atoms with van der Waals surface area (Å²) < 4.78 is 5.38. The molecule has 0 unspecified atom stereocenters. The van der Waals surface area contributed by atoms with Crippen LogP contribution >= 0.6 is 0 Å². The van der Waals surface area contributed by atoms with Gasteiger partial charge in [0.05, 0.1) is 0 Å². The van der Waals surface area contributed by atoms with E-state index in [2.05, 4.69) is 43.3 Å². The van der Waals surface area contributed by atoms with E-state index in [0.29, 0.717) is 5.75 Å². The Labute approximate surface area is 160 Å². The quantitative estimate of drug-likeness (QED) is 0.588. The summed E-state index contributed by atoms with van der Waals surface area (Å²) >= 11 is 0. The minimum absolute atomic E-state index is 0.0558. The first-order valence-corrected chi connectivity index (χ1v) is 9.11. The van der Waals surface area contributed by atoms with Crippen molar-refractivity contribution in [2.75, 3.05) is 6.61 Å². The maximum absolute atomic E-state index is 10.5. The Morgan fingerprint density at radius 1 is 0.963 bits per heavy atom. The molecule has 2 atom stereocenters. The average Bonchev–Trinajstić information content (AvgIpc) is 2.69. The van der Waals surface area contributed by atoms with Crippen LogP contribution in [0.5, 0.6) is 11.5 Å². The van der Waals surface area contributed by atoms with Gasteiger partial charge < -0.3 is 9.84 Å².